The molecule has 2 amide bonds. The van der Waals surface area contributed by atoms with Gasteiger partial charge in [-0.15, -0.1) is 6.58 Å². The highest BCUT2D eigenvalue weighted by atomic mass is 16.7. The van der Waals surface area contributed by atoms with Crippen LogP contribution in [0.3, 0.4) is 0 Å². The van der Waals surface area contributed by atoms with E-state index in [-0.39, 0.29) is 62.1 Å². The molecule has 1 aliphatic heterocycles. The maximum absolute atomic E-state index is 14.3. The number of allylic oxidation sites excluding steroid dienone is 1. The molecule has 0 spiro atoms. The van der Waals surface area contributed by atoms with E-state index >= 15 is 0 Å². The number of nitro benzene ring substituents is 1. The number of nitrogens with one attached hydrogen (secondary N) is 1. The van der Waals surface area contributed by atoms with Crippen LogP contribution in [0.5, 0.6) is 11.5 Å². The summed E-state index contributed by atoms with van der Waals surface area (Å²) in [5.41, 5.74) is 3.15. The molecule has 1 fully saturated rings. The normalized spacial score (nSPS) is 23.2. The summed E-state index contributed by atoms with van der Waals surface area (Å²) in [6, 6.07) is 20.0. The highest BCUT2D eigenvalue weighted by Gasteiger charge is 2.65. The first-order valence-electron chi connectivity index (χ1n) is 21.7. The first-order chi connectivity index (χ1) is 30.3. The van der Waals surface area contributed by atoms with Crippen LogP contribution < -0.4 is 14.8 Å². The van der Waals surface area contributed by atoms with Gasteiger partial charge in [-0.05, 0) is 111 Å². The minimum absolute atomic E-state index is 0.00803. The zero-order chi connectivity index (χ0) is 45.1. The number of fused-ring (bicyclic) bond motifs is 2. The van der Waals surface area contributed by atoms with E-state index in [1.165, 1.54) is 18.2 Å². The summed E-state index contributed by atoms with van der Waals surface area (Å²) in [7, 11) is 1.70. The molecule has 0 saturated heterocycles. The van der Waals surface area contributed by atoms with Crippen LogP contribution in [0.25, 0.3) is 6.08 Å². The number of unbranched alkanes of at least 4 members (excludes halogenated alkanes) is 2. The number of benzene rings is 3. The minimum atomic E-state index is -1.48. The second kappa shape index (κ2) is 21.0. The standard InChI is InChI=1S/C49H60N4O10/c1-6-28-60-49-43(52(5)44(56)25-20-33-18-21-36(22-19-33)53(58)59)31-41(51-63-48(2,3)4)39-29-35(16-10-12-26-54)38(17-11-13-27-55)45(46(39)49)40-30-37(23-24-42(40)62-49)61-47(57)50-32-34-14-8-7-9-15-34/h6-9,14-15,18-25,29-30,35,38,43,45-46,54-55H,1,10-13,16-17,26-28,31-32H2,2-5H3,(H,50,57). The minimum Gasteiger partial charge on any atom is -0.459 e. The van der Waals surface area contributed by atoms with Gasteiger partial charge in [-0.25, -0.2) is 4.79 Å². The topological polar surface area (TPSA) is 182 Å². The smallest absolute Gasteiger partial charge is 0.412 e. The first-order valence-corrected chi connectivity index (χ1v) is 21.7. The SMILES string of the molecule is C=CCOC12Oc3ccc(OC(=O)NCc4ccccc4)cc3C3C(CCCCO)C(CCCCO)C=C(C(=NOC(C)(C)C)CC1N(C)C(=O)C=Cc1ccc([N+](=O)[O-])cc1)C32. The van der Waals surface area contributed by atoms with Gasteiger partial charge in [-0.2, -0.15) is 0 Å². The van der Waals surface area contributed by atoms with Crippen molar-refractivity contribution >= 4 is 29.5 Å². The lowest BCUT2D eigenvalue weighted by molar-refractivity contribution is -0.384. The van der Waals surface area contributed by atoms with Crippen LogP contribution >= 0.6 is 0 Å². The number of rotatable bonds is 19. The van der Waals surface area contributed by atoms with E-state index in [0.29, 0.717) is 35.6 Å². The molecule has 1 saturated carbocycles. The monoisotopic (exact) mass is 864 g/mol. The fourth-order valence-corrected chi connectivity index (χ4v) is 9.04. The summed E-state index contributed by atoms with van der Waals surface area (Å²) in [5, 5.41) is 38.7. The van der Waals surface area contributed by atoms with Gasteiger partial charge >= 0.3 is 6.09 Å². The van der Waals surface area contributed by atoms with Gasteiger partial charge in [-0.1, -0.05) is 60.5 Å². The van der Waals surface area contributed by atoms with Gasteiger partial charge in [0.15, 0.2) is 0 Å². The van der Waals surface area contributed by atoms with Crippen LogP contribution in [0.1, 0.15) is 88.3 Å². The van der Waals surface area contributed by atoms with E-state index in [9.17, 15) is 29.9 Å². The zero-order valence-electron chi connectivity index (χ0n) is 36.6. The number of hydrogen-bond donors (Lipinski definition) is 3. The van der Waals surface area contributed by atoms with Crippen LogP contribution in [-0.2, 0) is 20.9 Å². The molecule has 14 nitrogen and oxygen atoms in total. The summed E-state index contributed by atoms with van der Waals surface area (Å²) in [4.78, 5) is 46.1. The number of aliphatic hydroxyl groups excluding tert-OH is 2. The number of aliphatic hydroxyl groups is 2. The molecule has 3 N–H and O–H groups in total. The Morgan fingerprint density at radius 1 is 1.03 bits per heavy atom. The highest BCUT2D eigenvalue weighted by molar-refractivity contribution is 6.03. The summed E-state index contributed by atoms with van der Waals surface area (Å²) in [5.74, 6) is -1.92. The first kappa shape index (κ1) is 46.7. The van der Waals surface area contributed by atoms with Crippen LogP contribution in [0, 0.1) is 27.9 Å². The Morgan fingerprint density at radius 2 is 1.75 bits per heavy atom. The Balaban J connectivity index is 1.49. The molecule has 6 rings (SSSR count). The van der Waals surface area contributed by atoms with Crippen molar-refractivity contribution in [3.05, 3.63) is 130 Å². The number of amides is 2. The van der Waals surface area contributed by atoms with E-state index in [0.717, 1.165) is 42.4 Å². The fraction of sp³-hybridized carbons (Fsp3) is 0.449. The largest absolute Gasteiger partial charge is 0.459 e. The molecule has 0 radical (unpaired) electrons. The van der Waals surface area contributed by atoms with E-state index in [1.54, 1.807) is 48.4 Å². The van der Waals surface area contributed by atoms with Crippen molar-refractivity contribution in [2.45, 2.75) is 95.6 Å². The molecular formula is C49H60N4O10. The van der Waals surface area contributed by atoms with E-state index in [1.807, 2.05) is 57.2 Å². The summed E-state index contributed by atoms with van der Waals surface area (Å²) < 4.78 is 20.0. The van der Waals surface area contributed by atoms with E-state index < -0.39 is 34.4 Å². The third-order valence-corrected chi connectivity index (χ3v) is 11.9. The van der Waals surface area contributed by atoms with Crippen LogP contribution in [0.15, 0.2) is 108 Å². The maximum atomic E-state index is 14.3. The third kappa shape index (κ3) is 11.2. The Bertz CT molecular complexity index is 2170. The predicted octanol–water partition coefficient (Wildman–Crippen LogP) is 8.49. The quantitative estimate of drug-likeness (QED) is 0.0348. The van der Waals surface area contributed by atoms with Crippen molar-refractivity contribution in [2.24, 2.45) is 22.9 Å². The Morgan fingerprint density at radius 3 is 2.41 bits per heavy atom. The number of nitro groups is 1. The molecule has 3 aliphatic rings. The lowest BCUT2D eigenvalue weighted by Crippen LogP contribution is -2.69. The molecular weight excluding hydrogens is 805 g/mol. The molecule has 6 unspecified atom stereocenters. The van der Waals surface area contributed by atoms with Crippen molar-refractivity contribution in [3.63, 3.8) is 0 Å². The van der Waals surface area contributed by atoms with Gasteiger partial charge in [0, 0.05) is 62.9 Å². The number of nitrogens with zero attached hydrogens (tertiary/aromatic N) is 3. The van der Waals surface area contributed by atoms with Gasteiger partial charge in [0.2, 0.25) is 11.7 Å². The Kier molecular flexibility index (Phi) is 15.6. The van der Waals surface area contributed by atoms with Gasteiger partial charge in [0.25, 0.3) is 5.69 Å². The lowest BCUT2D eigenvalue weighted by Gasteiger charge is -2.59. The van der Waals surface area contributed by atoms with Gasteiger partial charge in [-0.3, -0.25) is 14.9 Å². The van der Waals surface area contributed by atoms with Gasteiger partial charge in [0.05, 0.1) is 23.2 Å². The van der Waals surface area contributed by atoms with Crippen molar-refractivity contribution < 1.29 is 43.8 Å². The number of oxime groups is 1. The van der Waals surface area contributed by atoms with Crippen LogP contribution in [-0.4, -0.2) is 82.0 Å². The maximum Gasteiger partial charge on any atom is 0.412 e. The van der Waals surface area contributed by atoms with E-state index in [2.05, 4.69) is 18.0 Å². The second-order valence-electron chi connectivity index (χ2n) is 17.3. The number of carbonyl (C=O) groups excluding carboxylic acids is 2. The predicted molar refractivity (Wildman–Crippen MR) is 240 cm³/mol. The van der Waals surface area contributed by atoms with Crippen LogP contribution in [0.4, 0.5) is 10.5 Å². The average Bonchev–Trinajstić information content (AvgIpc) is 3.27. The van der Waals surface area contributed by atoms with Crippen LogP contribution in [0.2, 0.25) is 0 Å². The van der Waals surface area contributed by atoms with Crippen molar-refractivity contribution in [2.75, 3.05) is 26.9 Å². The highest BCUT2D eigenvalue weighted by Crippen LogP contribution is 2.62. The summed E-state index contributed by atoms with van der Waals surface area (Å²) >= 11 is 0. The molecule has 63 heavy (non-hydrogen) atoms. The molecule has 0 bridgehead atoms. The molecule has 2 aliphatic carbocycles. The number of non-ortho nitro benzene ring substituents is 1. The fourth-order valence-electron chi connectivity index (χ4n) is 9.04. The molecule has 0 aromatic heterocycles. The molecule has 1 heterocycles. The molecule has 14 heteroatoms. The molecule has 6 atom stereocenters. The summed E-state index contributed by atoms with van der Waals surface area (Å²) in [6.07, 6.45) is 10.8. The number of likely N-dealkylation sites (N-methyl/N-ethyl adjacent to an activating group) is 1. The number of carbonyl (C=O) groups is 2. The van der Waals surface area contributed by atoms with Crippen molar-refractivity contribution in [1.82, 2.24) is 10.2 Å². The van der Waals surface area contributed by atoms with E-state index in [4.69, 9.17) is 24.2 Å². The lowest BCUT2D eigenvalue weighted by atomic mass is 9.55. The molecule has 3 aromatic carbocycles. The second-order valence-corrected chi connectivity index (χ2v) is 17.3. The third-order valence-electron chi connectivity index (χ3n) is 11.9. The summed E-state index contributed by atoms with van der Waals surface area (Å²) in [6.45, 7) is 10.2. The average molecular weight is 865 g/mol. The Labute approximate surface area is 369 Å². The number of ether oxygens (including phenoxy) is 3. The molecule has 3 aromatic rings. The van der Waals surface area contributed by atoms with Crippen molar-refractivity contribution in [3.8, 4) is 11.5 Å². The van der Waals surface area contributed by atoms with Gasteiger partial charge in [0.1, 0.15) is 23.1 Å². The number of hydrogen-bond acceptors (Lipinski definition) is 11. The molecule has 336 valence electrons. The van der Waals surface area contributed by atoms with Crippen molar-refractivity contribution in [1.29, 1.82) is 0 Å². The van der Waals surface area contributed by atoms with Gasteiger partial charge < -0.3 is 39.5 Å². The Hall–Kier alpha value is -5.83. The zero-order valence-corrected chi connectivity index (χ0v) is 36.6.